The lowest BCUT2D eigenvalue weighted by Gasteiger charge is -2.39. The summed E-state index contributed by atoms with van der Waals surface area (Å²) in [5, 5.41) is -0.0899. The van der Waals surface area contributed by atoms with Crippen LogP contribution in [0.2, 0.25) is 18.1 Å². The summed E-state index contributed by atoms with van der Waals surface area (Å²) in [5.41, 5.74) is 1.09. The van der Waals surface area contributed by atoms with Gasteiger partial charge < -0.3 is 23.0 Å². The number of amides is 2. The van der Waals surface area contributed by atoms with Gasteiger partial charge in [0.2, 0.25) is 5.65 Å². The van der Waals surface area contributed by atoms with Crippen LogP contribution in [0.25, 0.3) is 11.2 Å². The Morgan fingerprint density at radius 2 is 1.57 bits per heavy atom. The number of carbonyl (C=O) groups is 2. The monoisotopic (exact) mass is 619 g/mol. The summed E-state index contributed by atoms with van der Waals surface area (Å²) in [7, 11) is -5.67. The van der Waals surface area contributed by atoms with E-state index in [1.807, 2.05) is 0 Å². The number of benzene rings is 1. The number of nitrogens with zero attached hydrogens (tertiary/aromatic N) is 5. The van der Waals surface area contributed by atoms with Crippen LogP contribution in [0, 0.1) is 0 Å². The maximum absolute atomic E-state index is 13.1. The molecule has 0 N–H and O–H groups in total. The van der Waals surface area contributed by atoms with Gasteiger partial charge in [0.15, 0.2) is 19.7 Å². The average molecular weight is 620 g/mol. The molecule has 0 aliphatic carbocycles. The van der Waals surface area contributed by atoms with Gasteiger partial charge in [0, 0.05) is 0 Å². The molecule has 0 saturated carbocycles. The zero-order chi connectivity index (χ0) is 30.7. The van der Waals surface area contributed by atoms with E-state index in [4.69, 9.17) is 23.0 Å². The molecule has 0 spiro atoms. The second-order valence-electron chi connectivity index (χ2n) is 11.2. The molecule has 1 unspecified atom stereocenters. The zero-order valence-electron chi connectivity index (χ0n) is 25.0. The minimum absolute atomic E-state index is 0.0396. The molecule has 0 radical (unpaired) electrons. The molecule has 3 heterocycles. The van der Waals surface area contributed by atoms with Crippen molar-refractivity contribution in [3.63, 3.8) is 0 Å². The molecule has 228 valence electrons. The normalized spacial score (nSPS) is 15.0. The highest BCUT2D eigenvalue weighted by Gasteiger charge is 2.40. The van der Waals surface area contributed by atoms with Crippen molar-refractivity contribution in [1.82, 2.24) is 19.7 Å². The Bertz CT molecular complexity index is 1450. The van der Waals surface area contributed by atoms with Crippen molar-refractivity contribution in [1.29, 1.82) is 0 Å². The molecule has 15 heteroatoms. The van der Waals surface area contributed by atoms with Crippen LogP contribution in [0.3, 0.4) is 0 Å². The topological polar surface area (TPSA) is 144 Å². The Morgan fingerprint density at radius 1 is 0.952 bits per heavy atom. The Labute approximate surface area is 246 Å². The summed E-state index contributed by atoms with van der Waals surface area (Å²) in [6, 6.07) is 6.60. The fourth-order valence-electron chi connectivity index (χ4n) is 4.12. The Morgan fingerprint density at radius 3 is 2.14 bits per heavy atom. The van der Waals surface area contributed by atoms with E-state index in [-0.39, 0.29) is 54.8 Å². The van der Waals surface area contributed by atoms with E-state index in [1.165, 1.54) is 17.4 Å². The lowest BCUT2D eigenvalue weighted by Crippen LogP contribution is -2.47. The highest BCUT2D eigenvalue weighted by atomic mass is 31.2. The van der Waals surface area contributed by atoms with Gasteiger partial charge in [0.1, 0.15) is 31.7 Å². The second kappa shape index (κ2) is 12.7. The van der Waals surface area contributed by atoms with Crippen LogP contribution in [-0.4, -0.2) is 78.7 Å². The van der Waals surface area contributed by atoms with E-state index >= 15 is 0 Å². The van der Waals surface area contributed by atoms with Crippen molar-refractivity contribution in [3.8, 4) is 0 Å². The first-order valence-corrected chi connectivity index (χ1v) is 18.4. The third-order valence-corrected chi connectivity index (χ3v) is 13.5. The van der Waals surface area contributed by atoms with E-state index in [2.05, 4.69) is 48.8 Å². The van der Waals surface area contributed by atoms with Crippen molar-refractivity contribution >= 4 is 44.7 Å². The van der Waals surface area contributed by atoms with Crippen LogP contribution in [0.15, 0.2) is 36.9 Å². The van der Waals surface area contributed by atoms with E-state index in [9.17, 15) is 14.2 Å². The second-order valence-corrected chi connectivity index (χ2v) is 17.9. The van der Waals surface area contributed by atoms with Gasteiger partial charge in [-0.3, -0.25) is 14.2 Å². The number of hydrogen-bond donors (Lipinski definition) is 0. The standard InChI is InChI=1S/C27H38N5O8PSi/c1-8-38-41(35,39-9-2)18-36-14-19(40-42(6,7)27(3,4)5)15-37-31-17-30-22-23(31)28-16-29-24(22)32-25(33)20-12-10-11-13-21(20)26(32)34/h10-13,16-17,19H,8-9,14-15,18H2,1-7H3. The molecule has 0 fully saturated rings. The molecule has 1 atom stereocenters. The third-order valence-electron chi connectivity index (χ3n) is 7.16. The van der Waals surface area contributed by atoms with Crippen LogP contribution in [0.5, 0.6) is 0 Å². The first kappa shape index (κ1) is 31.9. The molecule has 1 aliphatic rings. The van der Waals surface area contributed by atoms with E-state index in [0.29, 0.717) is 11.1 Å². The van der Waals surface area contributed by atoms with Gasteiger partial charge in [-0.25, -0.2) is 19.9 Å². The number of imidazole rings is 1. The predicted molar refractivity (Wildman–Crippen MR) is 158 cm³/mol. The number of ether oxygens (including phenoxy) is 1. The highest BCUT2D eigenvalue weighted by Crippen LogP contribution is 2.48. The maximum Gasteiger partial charge on any atom is 0.356 e. The molecule has 2 aromatic heterocycles. The number of fused-ring (bicyclic) bond motifs is 2. The van der Waals surface area contributed by atoms with Crippen molar-refractivity contribution in [2.75, 3.05) is 37.7 Å². The van der Waals surface area contributed by atoms with Crippen LogP contribution >= 0.6 is 7.60 Å². The minimum atomic E-state index is -3.41. The van der Waals surface area contributed by atoms with Crippen LogP contribution < -0.4 is 9.74 Å². The quantitative estimate of drug-likeness (QED) is 0.141. The molecule has 2 amide bonds. The number of rotatable bonds is 14. The molecule has 13 nitrogen and oxygen atoms in total. The Balaban J connectivity index is 1.54. The number of aromatic nitrogens is 4. The largest absolute Gasteiger partial charge is 0.408 e. The van der Waals surface area contributed by atoms with Gasteiger partial charge in [0.05, 0.1) is 30.9 Å². The van der Waals surface area contributed by atoms with Crippen molar-refractivity contribution < 1.29 is 37.2 Å². The van der Waals surface area contributed by atoms with Gasteiger partial charge in [-0.1, -0.05) is 32.9 Å². The van der Waals surface area contributed by atoms with Gasteiger partial charge in [-0.15, -0.1) is 0 Å². The molecule has 4 rings (SSSR count). The number of carbonyl (C=O) groups excluding carboxylic acids is 2. The third kappa shape index (κ3) is 6.64. The van der Waals surface area contributed by atoms with Crippen LogP contribution in [0.1, 0.15) is 55.3 Å². The summed E-state index contributed by atoms with van der Waals surface area (Å²) >= 11 is 0. The summed E-state index contributed by atoms with van der Waals surface area (Å²) in [6.45, 7) is 14.6. The van der Waals surface area contributed by atoms with Crippen molar-refractivity contribution in [3.05, 3.63) is 48.0 Å². The lowest BCUT2D eigenvalue weighted by molar-refractivity contribution is -0.00965. The highest BCUT2D eigenvalue weighted by molar-refractivity contribution is 7.53. The summed E-state index contributed by atoms with van der Waals surface area (Å²) in [6.07, 6.45) is 1.87. The van der Waals surface area contributed by atoms with Gasteiger partial charge in [0.25, 0.3) is 11.8 Å². The molecule has 42 heavy (non-hydrogen) atoms. The number of imide groups is 1. The Kier molecular flexibility index (Phi) is 9.65. The SMILES string of the molecule is CCOP(=O)(COCC(COn1cnc2c(N3C(=O)c4ccccc4C3=O)ncnc21)O[Si](C)(C)C(C)(C)C)OCC. The molecule has 1 aliphatic heterocycles. The molecule has 3 aromatic rings. The van der Waals surface area contributed by atoms with Crippen molar-refractivity contribution in [2.45, 2.75) is 58.9 Å². The first-order chi connectivity index (χ1) is 19.8. The number of anilines is 1. The summed E-state index contributed by atoms with van der Waals surface area (Å²) in [5.74, 6) is -0.904. The zero-order valence-corrected chi connectivity index (χ0v) is 26.9. The molecular formula is C27H38N5O8PSi. The molecule has 0 saturated heterocycles. The van der Waals surface area contributed by atoms with Gasteiger partial charge >= 0.3 is 7.60 Å². The first-order valence-electron chi connectivity index (χ1n) is 13.7. The van der Waals surface area contributed by atoms with Gasteiger partial charge in [-0.2, -0.15) is 4.73 Å². The van der Waals surface area contributed by atoms with Gasteiger partial charge in [-0.05, 0) is 44.1 Å². The fraction of sp³-hybridized carbons (Fsp3) is 0.519. The smallest absolute Gasteiger partial charge is 0.356 e. The fourth-order valence-corrected chi connectivity index (χ4v) is 6.78. The van der Waals surface area contributed by atoms with E-state index in [1.54, 1.807) is 38.1 Å². The van der Waals surface area contributed by atoms with E-state index in [0.717, 1.165) is 4.90 Å². The maximum atomic E-state index is 13.1. The molecular weight excluding hydrogens is 581 g/mol. The van der Waals surface area contributed by atoms with Crippen molar-refractivity contribution in [2.24, 2.45) is 0 Å². The van der Waals surface area contributed by atoms with Crippen LogP contribution in [-0.2, 0) is 22.8 Å². The predicted octanol–water partition coefficient (Wildman–Crippen LogP) is 4.69. The van der Waals surface area contributed by atoms with E-state index < -0.39 is 33.8 Å². The minimum Gasteiger partial charge on any atom is -0.408 e. The summed E-state index contributed by atoms with van der Waals surface area (Å²) < 4.78 is 37.2. The average Bonchev–Trinajstić information content (AvgIpc) is 3.45. The molecule has 1 aromatic carbocycles. The summed E-state index contributed by atoms with van der Waals surface area (Å²) in [4.78, 5) is 46.0. The molecule has 0 bridgehead atoms. The Hall–Kier alpha value is -3.00. The lowest BCUT2D eigenvalue weighted by atomic mass is 10.1. The number of hydrogen-bond acceptors (Lipinski definition) is 11. The van der Waals surface area contributed by atoms with Crippen LogP contribution in [0.4, 0.5) is 5.82 Å².